The molecule has 2 aromatic heterocycles. The van der Waals surface area contributed by atoms with E-state index in [0.29, 0.717) is 44.2 Å². The van der Waals surface area contributed by atoms with Gasteiger partial charge in [0.25, 0.3) is 5.91 Å². The van der Waals surface area contributed by atoms with E-state index in [1.54, 1.807) is 35.1 Å². The van der Waals surface area contributed by atoms with E-state index in [1.165, 1.54) is 12.1 Å². The molecule has 35 heavy (non-hydrogen) atoms. The summed E-state index contributed by atoms with van der Waals surface area (Å²) in [7, 11) is 0. The lowest BCUT2D eigenvalue weighted by Crippen LogP contribution is -2.44. The van der Waals surface area contributed by atoms with Crippen LogP contribution in [0.15, 0.2) is 48.8 Å². The van der Waals surface area contributed by atoms with E-state index in [0.717, 1.165) is 5.56 Å². The highest BCUT2D eigenvalue weighted by Gasteiger charge is 2.35. The van der Waals surface area contributed by atoms with Crippen molar-refractivity contribution >= 4 is 5.91 Å². The fourth-order valence-corrected chi connectivity index (χ4v) is 4.19. The molecule has 1 N–H and O–H groups in total. The Labute approximate surface area is 199 Å². The van der Waals surface area contributed by atoms with Crippen molar-refractivity contribution in [3.8, 4) is 11.5 Å². The highest BCUT2D eigenvalue weighted by Crippen LogP contribution is 2.22. The molecular formula is C23H24F2N6O4. The van der Waals surface area contributed by atoms with Crippen LogP contribution in [0.3, 0.4) is 0 Å². The van der Waals surface area contributed by atoms with Crippen LogP contribution in [0.5, 0.6) is 11.5 Å². The van der Waals surface area contributed by atoms with E-state index >= 15 is 0 Å². The van der Waals surface area contributed by atoms with Crippen molar-refractivity contribution in [2.45, 2.75) is 38.5 Å². The van der Waals surface area contributed by atoms with Gasteiger partial charge in [0, 0.05) is 25.8 Å². The van der Waals surface area contributed by atoms with Gasteiger partial charge in [0.05, 0.1) is 31.5 Å². The van der Waals surface area contributed by atoms with E-state index in [1.807, 2.05) is 6.20 Å². The highest BCUT2D eigenvalue weighted by molar-refractivity contribution is 5.95. The van der Waals surface area contributed by atoms with Crippen LogP contribution in [-0.4, -0.2) is 69.2 Å². The molecule has 1 aromatic carbocycles. The van der Waals surface area contributed by atoms with Gasteiger partial charge in [0.1, 0.15) is 18.1 Å². The van der Waals surface area contributed by atoms with Gasteiger partial charge in [0.2, 0.25) is 0 Å². The molecule has 0 spiro atoms. The molecule has 2 bridgehead atoms. The van der Waals surface area contributed by atoms with E-state index in [9.17, 15) is 13.6 Å². The third kappa shape index (κ3) is 5.72. The number of halogens is 2. The molecule has 2 atom stereocenters. The molecule has 0 unspecified atom stereocenters. The lowest BCUT2D eigenvalue weighted by Gasteiger charge is -2.20. The predicted molar refractivity (Wildman–Crippen MR) is 118 cm³/mol. The van der Waals surface area contributed by atoms with Crippen LogP contribution >= 0.6 is 0 Å². The second-order valence-electron chi connectivity index (χ2n) is 8.32. The minimum atomic E-state index is -2.86. The monoisotopic (exact) mass is 486 g/mol. The molecule has 3 aromatic rings. The van der Waals surface area contributed by atoms with Gasteiger partial charge in [0.15, 0.2) is 11.4 Å². The van der Waals surface area contributed by atoms with Crippen LogP contribution < -0.4 is 14.8 Å². The molecule has 0 saturated carbocycles. The standard InChI is InChI=1S/C23H24F2N6O4/c24-23(25)35-17-5-3-15(4-6-17)10-30-12-18-20(13-30)34-14-16-11-31(29-28-16)8-9-33-19-2-1-7-26-21(19)22(32)27-18/h1-7,11,18,20,23H,8-10,12-14H2,(H,27,32)/t18-,20-/m0/s1. The Kier molecular flexibility index (Phi) is 6.82. The number of carbonyl (C=O) groups is 1. The average Bonchev–Trinajstić information content (AvgIpc) is 3.45. The molecular weight excluding hydrogens is 462 g/mol. The summed E-state index contributed by atoms with van der Waals surface area (Å²) in [5, 5.41) is 11.3. The number of hydrogen-bond acceptors (Lipinski definition) is 8. The van der Waals surface area contributed by atoms with Gasteiger partial charge in [-0.05, 0) is 29.8 Å². The summed E-state index contributed by atoms with van der Waals surface area (Å²) < 4.78 is 42.9. The molecule has 1 amide bonds. The molecule has 5 rings (SSSR count). The molecule has 1 fully saturated rings. The number of pyridine rings is 1. The van der Waals surface area contributed by atoms with Crippen molar-refractivity contribution in [2.75, 3.05) is 19.7 Å². The molecule has 0 radical (unpaired) electrons. The molecule has 4 heterocycles. The van der Waals surface area contributed by atoms with Crippen LogP contribution in [0.4, 0.5) is 8.78 Å². The van der Waals surface area contributed by atoms with Crippen LogP contribution in [-0.2, 0) is 24.4 Å². The predicted octanol–water partition coefficient (Wildman–Crippen LogP) is 1.87. The second-order valence-corrected chi connectivity index (χ2v) is 8.32. The summed E-state index contributed by atoms with van der Waals surface area (Å²) in [6.45, 7) is -0.213. The number of fused-ring (bicyclic) bond motifs is 4. The topological polar surface area (TPSA) is 104 Å². The fourth-order valence-electron chi connectivity index (χ4n) is 4.19. The zero-order chi connectivity index (χ0) is 24.2. The Balaban J connectivity index is 1.33. The van der Waals surface area contributed by atoms with Crippen molar-refractivity contribution in [2.24, 2.45) is 0 Å². The first-order valence-corrected chi connectivity index (χ1v) is 11.2. The SMILES string of the molecule is O=C1N[C@H]2CN(Cc3ccc(OC(F)F)cc3)C[C@@H]2OCc2cn(nn2)CCOc2cccnc21. The summed E-state index contributed by atoms with van der Waals surface area (Å²) in [6, 6.07) is 9.61. The van der Waals surface area contributed by atoms with Crippen molar-refractivity contribution in [3.63, 3.8) is 0 Å². The average molecular weight is 486 g/mol. The van der Waals surface area contributed by atoms with Crippen LogP contribution in [0.25, 0.3) is 0 Å². The number of alkyl halides is 2. The number of rotatable bonds is 4. The van der Waals surface area contributed by atoms with E-state index in [4.69, 9.17) is 9.47 Å². The summed E-state index contributed by atoms with van der Waals surface area (Å²) >= 11 is 0. The van der Waals surface area contributed by atoms with E-state index in [-0.39, 0.29) is 36.1 Å². The van der Waals surface area contributed by atoms with Gasteiger partial charge >= 0.3 is 6.61 Å². The molecule has 184 valence electrons. The Morgan fingerprint density at radius 1 is 1.20 bits per heavy atom. The second kappa shape index (κ2) is 10.3. The first-order chi connectivity index (χ1) is 17.0. The quantitative estimate of drug-likeness (QED) is 0.596. The van der Waals surface area contributed by atoms with E-state index in [2.05, 4.69) is 30.2 Å². The highest BCUT2D eigenvalue weighted by atomic mass is 19.3. The van der Waals surface area contributed by atoms with Gasteiger partial charge in [-0.25, -0.2) is 9.67 Å². The molecule has 1 saturated heterocycles. The number of ether oxygens (including phenoxy) is 3. The van der Waals surface area contributed by atoms with Gasteiger partial charge in [-0.1, -0.05) is 17.3 Å². The molecule has 2 aliphatic heterocycles. The maximum Gasteiger partial charge on any atom is 0.387 e. The first-order valence-electron chi connectivity index (χ1n) is 11.2. The van der Waals surface area contributed by atoms with Crippen molar-refractivity contribution in [1.82, 2.24) is 30.2 Å². The zero-order valence-electron chi connectivity index (χ0n) is 18.7. The summed E-state index contributed by atoms with van der Waals surface area (Å²) in [5.74, 6) is 0.152. The summed E-state index contributed by atoms with van der Waals surface area (Å²) in [4.78, 5) is 19.4. The molecule has 2 aliphatic rings. The number of carbonyl (C=O) groups excluding carboxylic acids is 1. The lowest BCUT2D eigenvalue weighted by molar-refractivity contribution is -0.0498. The zero-order valence-corrected chi connectivity index (χ0v) is 18.7. The number of hydrogen-bond donors (Lipinski definition) is 1. The van der Waals surface area contributed by atoms with Gasteiger partial charge < -0.3 is 19.5 Å². The minimum Gasteiger partial charge on any atom is -0.489 e. The maximum atomic E-state index is 13.1. The third-order valence-corrected chi connectivity index (χ3v) is 5.81. The molecule has 0 aliphatic carbocycles. The summed E-state index contributed by atoms with van der Waals surface area (Å²) in [6.07, 6.45) is 3.05. The largest absolute Gasteiger partial charge is 0.489 e. The minimum absolute atomic E-state index is 0.107. The first kappa shape index (κ1) is 23.1. The Morgan fingerprint density at radius 3 is 2.89 bits per heavy atom. The van der Waals surface area contributed by atoms with Crippen LogP contribution in [0.1, 0.15) is 21.7 Å². The number of benzene rings is 1. The van der Waals surface area contributed by atoms with Crippen molar-refractivity contribution in [1.29, 1.82) is 0 Å². The van der Waals surface area contributed by atoms with Crippen molar-refractivity contribution < 1.29 is 27.8 Å². The summed E-state index contributed by atoms with van der Waals surface area (Å²) in [5.41, 5.74) is 1.81. The maximum absolute atomic E-state index is 13.1. The van der Waals surface area contributed by atoms with E-state index < -0.39 is 6.61 Å². The Bertz CT molecular complexity index is 1160. The van der Waals surface area contributed by atoms with Crippen LogP contribution in [0, 0.1) is 0 Å². The fraction of sp³-hybridized carbons (Fsp3) is 0.391. The Morgan fingerprint density at radius 2 is 2.06 bits per heavy atom. The van der Waals surface area contributed by atoms with Gasteiger partial charge in [-0.3, -0.25) is 9.69 Å². The number of aromatic nitrogens is 4. The molecule has 10 nitrogen and oxygen atoms in total. The Hall–Kier alpha value is -3.64. The van der Waals surface area contributed by atoms with Crippen LogP contribution in [0.2, 0.25) is 0 Å². The number of nitrogens with one attached hydrogen (secondary N) is 1. The molecule has 12 heteroatoms. The third-order valence-electron chi connectivity index (χ3n) is 5.81. The lowest BCUT2D eigenvalue weighted by atomic mass is 10.2. The normalized spacial score (nSPS) is 20.9. The number of nitrogens with zero attached hydrogens (tertiary/aromatic N) is 5. The smallest absolute Gasteiger partial charge is 0.387 e. The van der Waals surface area contributed by atoms with Gasteiger partial charge in [-0.2, -0.15) is 8.78 Å². The van der Waals surface area contributed by atoms with Crippen molar-refractivity contribution in [3.05, 3.63) is 65.7 Å². The number of amides is 1. The van der Waals surface area contributed by atoms with Gasteiger partial charge in [-0.15, -0.1) is 5.10 Å². The number of likely N-dealkylation sites (tertiary alicyclic amines) is 1.